The van der Waals surface area contributed by atoms with Gasteiger partial charge in [-0.1, -0.05) is 24.3 Å². The molecule has 31 heavy (non-hydrogen) atoms. The third kappa shape index (κ3) is 3.45. The maximum atomic E-state index is 13.7. The van der Waals surface area contributed by atoms with Gasteiger partial charge in [-0.3, -0.25) is 4.79 Å². The Morgan fingerprint density at radius 3 is 2.81 bits per heavy atom. The summed E-state index contributed by atoms with van der Waals surface area (Å²) in [6, 6.07) is 11.5. The van der Waals surface area contributed by atoms with Gasteiger partial charge < -0.3 is 9.73 Å². The van der Waals surface area contributed by atoms with E-state index in [2.05, 4.69) is 15.4 Å². The second kappa shape index (κ2) is 7.26. The summed E-state index contributed by atoms with van der Waals surface area (Å²) in [5, 5.41) is 6.75. The Morgan fingerprint density at radius 2 is 2.03 bits per heavy atom. The number of furan rings is 1. The molecule has 1 aliphatic carbocycles. The van der Waals surface area contributed by atoms with E-state index in [0.717, 1.165) is 42.7 Å². The first-order valence-corrected chi connectivity index (χ1v) is 9.80. The van der Waals surface area contributed by atoms with Crippen LogP contribution in [-0.2, 0) is 12.6 Å². The van der Waals surface area contributed by atoms with Crippen LogP contribution in [0.3, 0.4) is 0 Å². The maximum Gasteiger partial charge on any atom is 0.433 e. The number of carbonyl (C=O) groups is 1. The molecule has 9 heteroatoms. The Bertz CT molecular complexity index is 1260. The molecule has 1 aromatic carbocycles. The van der Waals surface area contributed by atoms with Crippen LogP contribution in [0.25, 0.3) is 17.1 Å². The molecule has 0 saturated heterocycles. The summed E-state index contributed by atoms with van der Waals surface area (Å²) in [6.45, 7) is 0. The summed E-state index contributed by atoms with van der Waals surface area (Å²) in [4.78, 5) is 17.3. The van der Waals surface area contributed by atoms with Crippen LogP contribution in [0.2, 0.25) is 0 Å². The number of aromatic nitrogens is 3. The Labute approximate surface area is 174 Å². The van der Waals surface area contributed by atoms with E-state index in [1.807, 2.05) is 24.3 Å². The van der Waals surface area contributed by atoms with Crippen molar-refractivity contribution in [2.45, 2.75) is 31.5 Å². The lowest BCUT2D eigenvalue weighted by Gasteiger charge is -2.26. The van der Waals surface area contributed by atoms with Crippen molar-refractivity contribution < 1.29 is 22.4 Å². The molecule has 5 rings (SSSR count). The molecule has 1 N–H and O–H groups in total. The van der Waals surface area contributed by atoms with E-state index in [4.69, 9.17) is 4.42 Å². The summed E-state index contributed by atoms with van der Waals surface area (Å²) in [5.41, 5.74) is 0.924. The van der Waals surface area contributed by atoms with Crippen molar-refractivity contribution >= 4 is 11.6 Å². The van der Waals surface area contributed by atoms with Gasteiger partial charge in [-0.2, -0.15) is 18.3 Å². The predicted molar refractivity (Wildman–Crippen MR) is 105 cm³/mol. The molecule has 3 heterocycles. The van der Waals surface area contributed by atoms with Crippen molar-refractivity contribution in [1.82, 2.24) is 19.9 Å². The van der Waals surface area contributed by atoms with E-state index in [1.165, 1.54) is 12.3 Å². The number of amides is 1. The Hall–Kier alpha value is -3.62. The zero-order chi connectivity index (χ0) is 21.6. The van der Waals surface area contributed by atoms with E-state index < -0.39 is 17.8 Å². The molecule has 1 aliphatic rings. The van der Waals surface area contributed by atoms with Gasteiger partial charge in [-0.15, -0.1) is 0 Å². The Kier molecular flexibility index (Phi) is 4.53. The first-order chi connectivity index (χ1) is 14.9. The normalized spacial score (nSPS) is 16.3. The van der Waals surface area contributed by atoms with Crippen molar-refractivity contribution in [2.75, 3.05) is 0 Å². The topological polar surface area (TPSA) is 72.4 Å². The monoisotopic (exact) mass is 426 g/mol. The molecular weight excluding hydrogens is 409 g/mol. The van der Waals surface area contributed by atoms with E-state index in [0.29, 0.717) is 4.52 Å². The molecule has 1 atom stereocenters. The van der Waals surface area contributed by atoms with Gasteiger partial charge in [0, 0.05) is 0 Å². The zero-order valence-corrected chi connectivity index (χ0v) is 16.2. The van der Waals surface area contributed by atoms with Crippen molar-refractivity contribution in [1.29, 1.82) is 0 Å². The average molecular weight is 426 g/mol. The fourth-order valence-corrected chi connectivity index (χ4v) is 4.02. The lowest BCUT2D eigenvalue weighted by atomic mass is 9.87. The Morgan fingerprint density at radius 1 is 1.19 bits per heavy atom. The second-order valence-corrected chi connectivity index (χ2v) is 7.41. The third-order valence-electron chi connectivity index (χ3n) is 5.46. The zero-order valence-electron chi connectivity index (χ0n) is 16.2. The minimum Gasteiger partial charge on any atom is -0.463 e. The lowest BCUT2D eigenvalue weighted by molar-refractivity contribution is -0.142. The number of halogens is 3. The first-order valence-electron chi connectivity index (χ1n) is 9.80. The van der Waals surface area contributed by atoms with Crippen LogP contribution >= 0.6 is 0 Å². The van der Waals surface area contributed by atoms with Gasteiger partial charge in [0.25, 0.3) is 5.91 Å². The minimum atomic E-state index is -4.69. The van der Waals surface area contributed by atoms with E-state index >= 15 is 0 Å². The predicted octanol–water partition coefficient (Wildman–Crippen LogP) is 4.82. The van der Waals surface area contributed by atoms with Gasteiger partial charge in [0.2, 0.25) is 0 Å². The second-order valence-electron chi connectivity index (χ2n) is 7.41. The summed E-state index contributed by atoms with van der Waals surface area (Å²) < 4.78 is 46.9. The SMILES string of the molecule is O=C(NC1CCCc2ccccc21)c1cnn2c(C(F)(F)F)cc(-c3ccco3)nc12. The summed E-state index contributed by atoms with van der Waals surface area (Å²) in [7, 11) is 0. The van der Waals surface area contributed by atoms with Gasteiger partial charge in [-0.05, 0) is 48.6 Å². The number of nitrogens with one attached hydrogen (secondary N) is 1. The third-order valence-corrected chi connectivity index (χ3v) is 5.46. The van der Waals surface area contributed by atoms with Gasteiger partial charge in [-0.25, -0.2) is 9.50 Å². The molecule has 0 fully saturated rings. The van der Waals surface area contributed by atoms with Crippen LogP contribution < -0.4 is 5.32 Å². The van der Waals surface area contributed by atoms with Gasteiger partial charge in [0.15, 0.2) is 17.1 Å². The van der Waals surface area contributed by atoms with Crippen LogP contribution in [0.5, 0.6) is 0 Å². The molecule has 1 unspecified atom stereocenters. The molecule has 0 aliphatic heterocycles. The van der Waals surface area contributed by atoms with Crippen LogP contribution in [-0.4, -0.2) is 20.5 Å². The summed E-state index contributed by atoms with van der Waals surface area (Å²) in [6.07, 6.45) is 0.371. The number of aryl methyl sites for hydroxylation is 1. The largest absolute Gasteiger partial charge is 0.463 e. The number of hydrogen-bond donors (Lipinski definition) is 1. The molecule has 0 spiro atoms. The van der Waals surface area contributed by atoms with Crippen LogP contribution in [0.15, 0.2) is 59.3 Å². The van der Waals surface area contributed by atoms with Crippen LogP contribution in [0, 0.1) is 0 Å². The standard InChI is InChI=1S/C22H17F3N4O2/c23-22(24,25)19-11-17(18-9-4-10-31-18)27-20-15(12-26-29(19)20)21(30)28-16-8-3-6-13-5-1-2-7-14(13)16/h1-2,4-5,7,9-12,16H,3,6,8H2,(H,28,30). The number of fused-ring (bicyclic) bond motifs is 2. The van der Waals surface area contributed by atoms with Gasteiger partial charge in [0.1, 0.15) is 11.3 Å². The van der Waals surface area contributed by atoms with E-state index in [9.17, 15) is 18.0 Å². The fourth-order valence-electron chi connectivity index (χ4n) is 4.02. The molecule has 0 saturated carbocycles. The van der Waals surface area contributed by atoms with Crippen molar-refractivity contribution in [3.63, 3.8) is 0 Å². The van der Waals surface area contributed by atoms with Crippen molar-refractivity contribution in [3.05, 3.63) is 77.3 Å². The van der Waals surface area contributed by atoms with Crippen LogP contribution in [0.1, 0.15) is 46.1 Å². The number of hydrogen-bond acceptors (Lipinski definition) is 4. The number of alkyl halides is 3. The molecule has 3 aromatic heterocycles. The molecule has 0 bridgehead atoms. The lowest BCUT2D eigenvalue weighted by Crippen LogP contribution is -2.31. The molecular formula is C22H17F3N4O2. The maximum absolute atomic E-state index is 13.7. The first kappa shape index (κ1) is 19.3. The highest BCUT2D eigenvalue weighted by Crippen LogP contribution is 2.33. The van der Waals surface area contributed by atoms with Crippen molar-refractivity contribution in [3.8, 4) is 11.5 Å². The molecule has 6 nitrogen and oxygen atoms in total. The molecule has 4 aromatic rings. The van der Waals surface area contributed by atoms with Crippen LogP contribution in [0.4, 0.5) is 13.2 Å². The van der Waals surface area contributed by atoms with Gasteiger partial charge >= 0.3 is 6.18 Å². The highest BCUT2D eigenvalue weighted by Gasteiger charge is 2.36. The number of nitrogens with zero attached hydrogens (tertiary/aromatic N) is 3. The number of benzene rings is 1. The van der Waals surface area contributed by atoms with E-state index in [-0.39, 0.29) is 28.7 Å². The fraction of sp³-hybridized carbons (Fsp3) is 0.227. The quantitative estimate of drug-likeness (QED) is 0.510. The van der Waals surface area contributed by atoms with Crippen molar-refractivity contribution in [2.24, 2.45) is 0 Å². The van der Waals surface area contributed by atoms with Gasteiger partial charge in [0.05, 0.1) is 18.5 Å². The molecule has 0 radical (unpaired) electrons. The Balaban J connectivity index is 1.56. The highest BCUT2D eigenvalue weighted by molar-refractivity contribution is 6.00. The minimum absolute atomic E-state index is 0.0256. The number of carbonyl (C=O) groups excluding carboxylic acids is 1. The summed E-state index contributed by atoms with van der Waals surface area (Å²) in [5.74, 6) is -0.351. The molecule has 1 amide bonds. The highest BCUT2D eigenvalue weighted by atomic mass is 19.4. The van der Waals surface area contributed by atoms with E-state index in [1.54, 1.807) is 6.07 Å². The number of rotatable bonds is 3. The summed E-state index contributed by atoms with van der Waals surface area (Å²) >= 11 is 0. The smallest absolute Gasteiger partial charge is 0.433 e. The molecule has 158 valence electrons. The average Bonchev–Trinajstić information content (AvgIpc) is 3.42.